The van der Waals surface area contributed by atoms with Gasteiger partial charge >= 0.3 is 0 Å². The molecule has 0 amide bonds. The predicted molar refractivity (Wildman–Crippen MR) is 73.8 cm³/mol. The summed E-state index contributed by atoms with van der Waals surface area (Å²) in [5.74, 6) is 0. The summed E-state index contributed by atoms with van der Waals surface area (Å²) < 4.78 is 7.90. The van der Waals surface area contributed by atoms with Crippen LogP contribution in [-0.4, -0.2) is 46.5 Å². The summed E-state index contributed by atoms with van der Waals surface area (Å²) in [6, 6.07) is 1.02. The van der Waals surface area contributed by atoms with Crippen LogP contribution in [0.25, 0.3) is 0 Å². The zero-order valence-electron chi connectivity index (χ0n) is 11.7. The normalized spacial score (nSPS) is 28.7. The average Bonchev–Trinajstić information content (AvgIpc) is 3.19. The number of morpholine rings is 1. The first-order chi connectivity index (χ1) is 9.33. The molecule has 3 rings (SSSR count). The van der Waals surface area contributed by atoms with E-state index in [0.717, 1.165) is 32.2 Å². The molecule has 1 aliphatic heterocycles. The number of ether oxygens (including phenoxy) is 1. The molecular formula is C14H24N4O. The highest BCUT2D eigenvalue weighted by Gasteiger charge is 2.41. The van der Waals surface area contributed by atoms with E-state index in [0.29, 0.717) is 6.54 Å². The van der Waals surface area contributed by atoms with Gasteiger partial charge in [0, 0.05) is 37.4 Å². The van der Waals surface area contributed by atoms with Crippen molar-refractivity contribution >= 4 is 0 Å². The van der Waals surface area contributed by atoms with Gasteiger partial charge in [-0.05, 0) is 19.3 Å². The molecule has 19 heavy (non-hydrogen) atoms. The van der Waals surface area contributed by atoms with E-state index < -0.39 is 0 Å². The van der Waals surface area contributed by atoms with E-state index in [-0.39, 0.29) is 12.1 Å². The van der Waals surface area contributed by atoms with E-state index >= 15 is 0 Å². The molecule has 1 aromatic heterocycles. The second kappa shape index (κ2) is 5.61. The molecule has 2 unspecified atom stereocenters. The van der Waals surface area contributed by atoms with Crippen LogP contribution in [0.4, 0.5) is 0 Å². The minimum Gasteiger partial charge on any atom is -0.374 e. The van der Waals surface area contributed by atoms with Crippen molar-refractivity contribution in [2.45, 2.75) is 50.9 Å². The largest absolute Gasteiger partial charge is 0.374 e. The van der Waals surface area contributed by atoms with Gasteiger partial charge in [-0.1, -0.05) is 6.92 Å². The number of hydrogen-bond acceptors (Lipinski definition) is 4. The summed E-state index contributed by atoms with van der Waals surface area (Å²) >= 11 is 0. The van der Waals surface area contributed by atoms with Gasteiger partial charge in [-0.25, -0.2) is 0 Å². The van der Waals surface area contributed by atoms with Crippen molar-refractivity contribution in [3.8, 4) is 0 Å². The van der Waals surface area contributed by atoms with Crippen molar-refractivity contribution in [1.82, 2.24) is 14.7 Å². The van der Waals surface area contributed by atoms with Crippen LogP contribution in [0.5, 0.6) is 0 Å². The smallest absolute Gasteiger partial charge is 0.0895 e. The number of rotatable bonds is 5. The third-order valence-electron chi connectivity index (χ3n) is 4.09. The second-order valence-corrected chi connectivity index (χ2v) is 5.60. The third kappa shape index (κ3) is 2.68. The van der Waals surface area contributed by atoms with Gasteiger partial charge in [0.25, 0.3) is 0 Å². The first-order valence-corrected chi connectivity index (χ1v) is 7.43. The van der Waals surface area contributed by atoms with Crippen LogP contribution in [0.2, 0.25) is 0 Å². The molecule has 2 heterocycles. The van der Waals surface area contributed by atoms with E-state index in [1.807, 2.05) is 10.9 Å². The Balaban J connectivity index is 1.82. The molecule has 0 aromatic carbocycles. The van der Waals surface area contributed by atoms with Gasteiger partial charge in [0.05, 0.1) is 24.9 Å². The summed E-state index contributed by atoms with van der Waals surface area (Å²) in [6.07, 6.45) is 8.00. The maximum Gasteiger partial charge on any atom is 0.0895 e. The Morgan fingerprint density at radius 1 is 1.47 bits per heavy atom. The molecule has 0 bridgehead atoms. The highest BCUT2D eigenvalue weighted by atomic mass is 16.5. The summed E-state index contributed by atoms with van der Waals surface area (Å²) in [6.45, 7) is 5.55. The molecule has 1 aromatic rings. The molecule has 1 saturated carbocycles. The van der Waals surface area contributed by atoms with Crippen molar-refractivity contribution in [2.75, 3.05) is 19.7 Å². The van der Waals surface area contributed by atoms with Crippen LogP contribution in [0.15, 0.2) is 12.4 Å². The fourth-order valence-electron chi connectivity index (χ4n) is 3.06. The Labute approximate surface area is 114 Å². The quantitative estimate of drug-likeness (QED) is 0.867. The maximum atomic E-state index is 5.90. The third-order valence-corrected chi connectivity index (χ3v) is 4.09. The molecule has 106 valence electrons. The van der Waals surface area contributed by atoms with Gasteiger partial charge in [-0.15, -0.1) is 0 Å². The molecule has 1 saturated heterocycles. The van der Waals surface area contributed by atoms with Gasteiger partial charge in [-0.2, -0.15) is 5.10 Å². The number of aryl methyl sites for hydroxylation is 1. The first kappa shape index (κ1) is 13.1. The van der Waals surface area contributed by atoms with Crippen molar-refractivity contribution in [2.24, 2.45) is 5.73 Å². The van der Waals surface area contributed by atoms with E-state index in [9.17, 15) is 0 Å². The number of aromatic nitrogens is 2. The van der Waals surface area contributed by atoms with Crippen molar-refractivity contribution in [3.63, 3.8) is 0 Å². The lowest BCUT2D eigenvalue weighted by Crippen LogP contribution is -2.49. The van der Waals surface area contributed by atoms with Crippen LogP contribution >= 0.6 is 0 Å². The maximum absolute atomic E-state index is 5.90. The zero-order valence-corrected chi connectivity index (χ0v) is 11.7. The van der Waals surface area contributed by atoms with E-state index in [1.165, 1.54) is 18.4 Å². The number of nitrogens with zero attached hydrogens (tertiary/aromatic N) is 3. The molecule has 2 atom stereocenters. The lowest BCUT2D eigenvalue weighted by Gasteiger charge is -2.40. The zero-order chi connectivity index (χ0) is 13.2. The van der Waals surface area contributed by atoms with Gasteiger partial charge in [0.2, 0.25) is 0 Å². The molecule has 2 aliphatic rings. The molecule has 5 nitrogen and oxygen atoms in total. The minimum atomic E-state index is 0.105. The highest BCUT2D eigenvalue weighted by Crippen LogP contribution is 2.38. The van der Waals surface area contributed by atoms with E-state index in [1.54, 1.807) is 0 Å². The summed E-state index contributed by atoms with van der Waals surface area (Å²) in [5.41, 5.74) is 7.16. The van der Waals surface area contributed by atoms with Crippen LogP contribution in [0.3, 0.4) is 0 Å². The molecule has 5 heteroatoms. The lowest BCUT2D eigenvalue weighted by molar-refractivity contribution is -0.0712. The van der Waals surface area contributed by atoms with E-state index in [2.05, 4.69) is 23.1 Å². The first-order valence-electron chi connectivity index (χ1n) is 7.43. The summed E-state index contributed by atoms with van der Waals surface area (Å²) in [4.78, 5) is 2.58. The van der Waals surface area contributed by atoms with Crippen LogP contribution in [0, 0.1) is 0 Å². The standard InChI is InChI=1S/C14H24N4O/c1-2-5-17-10-11(9-16-17)14-13(8-15)19-7-6-18(14)12-3-4-12/h9-10,12-14H,2-8,15H2,1H3. The molecule has 0 spiro atoms. The van der Waals surface area contributed by atoms with Gasteiger partial charge in [0.1, 0.15) is 0 Å². The molecular weight excluding hydrogens is 240 g/mol. The summed E-state index contributed by atoms with van der Waals surface area (Å²) in [5, 5.41) is 4.46. The lowest BCUT2D eigenvalue weighted by atomic mass is 10.0. The number of nitrogens with two attached hydrogens (primary N) is 1. The molecule has 0 radical (unpaired) electrons. The fraction of sp³-hybridized carbons (Fsp3) is 0.786. The Hall–Kier alpha value is -0.910. The van der Waals surface area contributed by atoms with Gasteiger partial charge in [-0.3, -0.25) is 9.58 Å². The Kier molecular flexibility index (Phi) is 3.86. The Morgan fingerprint density at radius 2 is 2.32 bits per heavy atom. The van der Waals surface area contributed by atoms with Crippen LogP contribution < -0.4 is 5.73 Å². The highest BCUT2D eigenvalue weighted by molar-refractivity contribution is 5.15. The van der Waals surface area contributed by atoms with Gasteiger partial charge in [0.15, 0.2) is 0 Å². The monoisotopic (exact) mass is 264 g/mol. The molecule has 2 N–H and O–H groups in total. The minimum absolute atomic E-state index is 0.105. The van der Waals surface area contributed by atoms with Crippen molar-refractivity contribution < 1.29 is 4.74 Å². The number of hydrogen-bond donors (Lipinski definition) is 1. The molecule has 2 fully saturated rings. The van der Waals surface area contributed by atoms with Crippen LogP contribution in [-0.2, 0) is 11.3 Å². The Morgan fingerprint density at radius 3 is 3.00 bits per heavy atom. The average molecular weight is 264 g/mol. The van der Waals surface area contributed by atoms with Gasteiger partial charge < -0.3 is 10.5 Å². The SMILES string of the molecule is CCCn1cc(C2C(CN)OCCN2C2CC2)cn1. The van der Waals surface area contributed by atoms with Crippen molar-refractivity contribution in [3.05, 3.63) is 18.0 Å². The topological polar surface area (TPSA) is 56.3 Å². The van der Waals surface area contributed by atoms with Crippen LogP contribution in [0.1, 0.15) is 37.8 Å². The van der Waals surface area contributed by atoms with E-state index in [4.69, 9.17) is 10.5 Å². The Bertz CT molecular complexity index is 415. The van der Waals surface area contributed by atoms with Crippen molar-refractivity contribution in [1.29, 1.82) is 0 Å². The molecule has 1 aliphatic carbocycles. The summed E-state index contributed by atoms with van der Waals surface area (Å²) in [7, 11) is 0. The second-order valence-electron chi connectivity index (χ2n) is 5.60. The predicted octanol–water partition coefficient (Wildman–Crippen LogP) is 1.16. The fourth-order valence-corrected chi connectivity index (χ4v) is 3.06.